The molecule has 0 spiro atoms. The van der Waals surface area contributed by atoms with Crippen molar-refractivity contribution in [2.24, 2.45) is 0 Å². The molecule has 2 heterocycles. The van der Waals surface area contributed by atoms with Crippen molar-refractivity contribution in [2.75, 3.05) is 4.90 Å². The summed E-state index contributed by atoms with van der Waals surface area (Å²) < 4.78 is 8.62. The number of hydrogen-bond donors (Lipinski definition) is 0. The molecule has 0 aliphatic heterocycles. The zero-order valence-corrected chi connectivity index (χ0v) is 21.2. The van der Waals surface area contributed by atoms with E-state index in [1.165, 1.54) is 21.8 Å². The molecule has 3 nitrogen and oxygen atoms in total. The van der Waals surface area contributed by atoms with E-state index in [0.29, 0.717) is 0 Å². The van der Waals surface area contributed by atoms with Crippen LogP contribution in [0.25, 0.3) is 49.4 Å². The van der Waals surface area contributed by atoms with Gasteiger partial charge >= 0.3 is 0 Å². The van der Waals surface area contributed by atoms with Gasteiger partial charge in [-0.25, -0.2) is 0 Å². The molecule has 0 atom stereocenters. The highest BCUT2D eigenvalue weighted by molar-refractivity contribution is 6.14. The molecule has 0 aliphatic rings. The molecule has 6 aromatic carbocycles. The van der Waals surface area contributed by atoms with Gasteiger partial charge in [-0.1, -0.05) is 78.9 Å². The fourth-order valence-electron chi connectivity index (χ4n) is 5.90. The fourth-order valence-corrected chi connectivity index (χ4v) is 5.90. The summed E-state index contributed by atoms with van der Waals surface area (Å²) in [6.45, 7) is 0. The Labute approximate surface area is 225 Å². The first-order valence-corrected chi connectivity index (χ1v) is 13.2. The van der Waals surface area contributed by atoms with E-state index in [9.17, 15) is 0 Å². The summed E-state index contributed by atoms with van der Waals surface area (Å²) in [5, 5.41) is 4.69. The molecule has 0 bridgehead atoms. The third-order valence-electron chi connectivity index (χ3n) is 7.56. The molecule has 2 aromatic heterocycles. The number of benzene rings is 6. The van der Waals surface area contributed by atoms with Gasteiger partial charge in [-0.15, -0.1) is 0 Å². The Morgan fingerprint density at radius 1 is 0.462 bits per heavy atom. The lowest BCUT2D eigenvalue weighted by atomic mass is 10.1. The maximum Gasteiger partial charge on any atom is 0.137 e. The minimum atomic E-state index is 0.886. The number of fused-ring (bicyclic) bond motifs is 6. The van der Waals surface area contributed by atoms with Crippen LogP contribution in [-0.2, 0) is 0 Å². The number of aromatic nitrogens is 1. The Bertz CT molecular complexity index is 2120. The quantitative estimate of drug-likeness (QED) is 0.240. The fraction of sp³-hybridized carbons (Fsp3) is 0. The van der Waals surface area contributed by atoms with E-state index in [2.05, 4.69) is 143 Å². The molecule has 0 saturated heterocycles. The highest BCUT2D eigenvalue weighted by atomic mass is 16.3. The average Bonchev–Trinajstić information content (AvgIpc) is 3.54. The summed E-state index contributed by atoms with van der Waals surface area (Å²) in [6.07, 6.45) is 0. The Morgan fingerprint density at radius 2 is 1.13 bits per heavy atom. The van der Waals surface area contributed by atoms with E-state index >= 15 is 0 Å². The zero-order chi connectivity index (χ0) is 25.8. The molecule has 0 fully saturated rings. The van der Waals surface area contributed by atoms with Crippen LogP contribution in [0.3, 0.4) is 0 Å². The van der Waals surface area contributed by atoms with Gasteiger partial charge in [0.1, 0.15) is 11.2 Å². The van der Waals surface area contributed by atoms with Crippen LogP contribution in [0.5, 0.6) is 0 Å². The van der Waals surface area contributed by atoms with Gasteiger partial charge in [-0.05, 0) is 66.7 Å². The lowest BCUT2D eigenvalue weighted by molar-refractivity contribution is 0.669. The van der Waals surface area contributed by atoms with Gasteiger partial charge in [0.25, 0.3) is 0 Å². The first-order chi connectivity index (χ1) is 19.4. The maximum atomic E-state index is 6.27. The molecule has 0 unspecified atom stereocenters. The molecule has 3 heteroatoms. The molecule has 0 N–H and O–H groups in total. The highest BCUT2D eigenvalue weighted by Crippen LogP contribution is 2.44. The van der Waals surface area contributed by atoms with Crippen LogP contribution in [0.1, 0.15) is 0 Å². The Hall–Kier alpha value is -5.28. The first kappa shape index (κ1) is 21.8. The summed E-state index contributed by atoms with van der Waals surface area (Å²) in [5.41, 5.74) is 8.62. The van der Waals surface area contributed by atoms with E-state index < -0.39 is 0 Å². The van der Waals surface area contributed by atoms with E-state index in [0.717, 1.165) is 44.7 Å². The Kier molecular flexibility index (Phi) is 4.82. The zero-order valence-electron chi connectivity index (χ0n) is 21.2. The van der Waals surface area contributed by atoms with E-state index in [1.807, 2.05) is 12.1 Å². The average molecular weight is 501 g/mol. The topological polar surface area (TPSA) is 21.3 Å². The van der Waals surface area contributed by atoms with Gasteiger partial charge in [-0.3, -0.25) is 0 Å². The standard InChI is InChI=1S/C36H24N2O/c1-3-12-25(13-4-1)37(33-19-11-21-35-36(33)29-17-8-10-20-34(29)39-35)27-22-23-32-30(24-27)28-16-7-9-18-31(28)38(32)26-14-5-2-6-15-26/h1-24H. The summed E-state index contributed by atoms with van der Waals surface area (Å²) in [6, 6.07) is 51.2. The predicted octanol–water partition coefficient (Wildman–Crippen LogP) is 10.2. The van der Waals surface area contributed by atoms with Crippen LogP contribution in [0.15, 0.2) is 150 Å². The summed E-state index contributed by atoms with van der Waals surface area (Å²) in [7, 11) is 0. The van der Waals surface area contributed by atoms with Gasteiger partial charge in [0.05, 0.1) is 22.1 Å². The Balaban J connectivity index is 1.43. The smallest absolute Gasteiger partial charge is 0.137 e. The number of para-hydroxylation sites is 4. The molecule has 8 rings (SSSR count). The van der Waals surface area contributed by atoms with Gasteiger partial charge in [0.2, 0.25) is 0 Å². The van der Waals surface area contributed by atoms with Crippen molar-refractivity contribution >= 4 is 60.8 Å². The SMILES string of the molecule is c1ccc(N(c2ccc3c(c2)c2ccccc2n3-c2ccccc2)c2cccc3oc4ccccc4c23)cc1. The van der Waals surface area contributed by atoms with Gasteiger partial charge in [0.15, 0.2) is 0 Å². The molecule has 0 radical (unpaired) electrons. The largest absolute Gasteiger partial charge is 0.456 e. The van der Waals surface area contributed by atoms with Crippen LogP contribution in [0, 0.1) is 0 Å². The van der Waals surface area contributed by atoms with E-state index in [-0.39, 0.29) is 0 Å². The lowest BCUT2D eigenvalue weighted by Crippen LogP contribution is -2.10. The molecule has 0 amide bonds. The van der Waals surface area contributed by atoms with Crippen molar-refractivity contribution in [1.29, 1.82) is 0 Å². The molecule has 184 valence electrons. The minimum absolute atomic E-state index is 0.886. The second-order valence-corrected chi connectivity index (χ2v) is 9.81. The van der Waals surface area contributed by atoms with Crippen molar-refractivity contribution in [3.8, 4) is 5.69 Å². The maximum absolute atomic E-state index is 6.27. The van der Waals surface area contributed by atoms with E-state index in [4.69, 9.17) is 4.42 Å². The number of hydrogen-bond acceptors (Lipinski definition) is 2. The van der Waals surface area contributed by atoms with Crippen LogP contribution in [0.2, 0.25) is 0 Å². The van der Waals surface area contributed by atoms with Crippen LogP contribution in [-0.4, -0.2) is 4.57 Å². The monoisotopic (exact) mass is 500 g/mol. The second kappa shape index (κ2) is 8.64. The van der Waals surface area contributed by atoms with Crippen LogP contribution >= 0.6 is 0 Å². The molecule has 0 saturated carbocycles. The molecule has 39 heavy (non-hydrogen) atoms. The third kappa shape index (κ3) is 3.37. The van der Waals surface area contributed by atoms with Crippen molar-refractivity contribution in [3.05, 3.63) is 146 Å². The van der Waals surface area contributed by atoms with Crippen molar-refractivity contribution in [2.45, 2.75) is 0 Å². The van der Waals surface area contributed by atoms with Crippen molar-refractivity contribution < 1.29 is 4.42 Å². The molecular weight excluding hydrogens is 476 g/mol. The number of rotatable bonds is 4. The van der Waals surface area contributed by atoms with Gasteiger partial charge in [0, 0.05) is 33.2 Å². The lowest BCUT2D eigenvalue weighted by Gasteiger charge is -2.26. The molecule has 0 aliphatic carbocycles. The van der Waals surface area contributed by atoms with Crippen LogP contribution < -0.4 is 4.90 Å². The second-order valence-electron chi connectivity index (χ2n) is 9.81. The van der Waals surface area contributed by atoms with Crippen LogP contribution in [0.4, 0.5) is 17.1 Å². The number of furan rings is 1. The minimum Gasteiger partial charge on any atom is -0.456 e. The first-order valence-electron chi connectivity index (χ1n) is 13.2. The summed E-state index contributed by atoms with van der Waals surface area (Å²) >= 11 is 0. The van der Waals surface area contributed by atoms with Gasteiger partial charge in [-0.2, -0.15) is 0 Å². The molecular formula is C36H24N2O. The Morgan fingerprint density at radius 3 is 1.97 bits per heavy atom. The summed E-state index contributed by atoms with van der Waals surface area (Å²) in [5.74, 6) is 0. The number of anilines is 3. The summed E-state index contributed by atoms with van der Waals surface area (Å²) in [4.78, 5) is 2.35. The highest BCUT2D eigenvalue weighted by Gasteiger charge is 2.20. The van der Waals surface area contributed by atoms with Crippen molar-refractivity contribution in [1.82, 2.24) is 4.57 Å². The van der Waals surface area contributed by atoms with Gasteiger partial charge < -0.3 is 13.9 Å². The molecule has 8 aromatic rings. The third-order valence-corrected chi connectivity index (χ3v) is 7.56. The van der Waals surface area contributed by atoms with Crippen molar-refractivity contribution in [3.63, 3.8) is 0 Å². The number of nitrogens with zero attached hydrogens (tertiary/aromatic N) is 2. The normalized spacial score (nSPS) is 11.6. The van der Waals surface area contributed by atoms with E-state index in [1.54, 1.807) is 0 Å². The predicted molar refractivity (Wildman–Crippen MR) is 163 cm³/mol.